The molecule has 2 N–H and O–H groups in total. The molecule has 1 unspecified atom stereocenters. The summed E-state index contributed by atoms with van der Waals surface area (Å²) in [7, 11) is 0. The topological polar surface area (TPSA) is 56.2 Å². The summed E-state index contributed by atoms with van der Waals surface area (Å²) in [5, 5.41) is 1.43. The number of halogens is 1. The molecular formula is C14H16ClNO2. The number of fused-ring (bicyclic) bond motifs is 1. The highest BCUT2D eigenvalue weighted by molar-refractivity contribution is 6.31. The Morgan fingerprint density at radius 2 is 2.17 bits per heavy atom. The monoisotopic (exact) mass is 265 g/mol. The maximum atomic E-state index is 12.3. The molecule has 4 heteroatoms. The summed E-state index contributed by atoms with van der Waals surface area (Å²) >= 11 is 5.90. The highest BCUT2D eigenvalue weighted by Gasteiger charge is 2.30. The van der Waals surface area contributed by atoms with Crippen LogP contribution in [0.1, 0.15) is 37.2 Å². The molecule has 1 heterocycles. The molecule has 2 rings (SSSR count). The Morgan fingerprint density at radius 3 is 2.83 bits per heavy atom. The number of carbonyl (C=O) groups excluding carboxylic acids is 1. The highest BCUT2D eigenvalue weighted by Crippen LogP contribution is 2.26. The summed E-state index contributed by atoms with van der Waals surface area (Å²) in [6.45, 7) is 3.73. The predicted molar refractivity (Wildman–Crippen MR) is 73.1 cm³/mol. The number of benzene rings is 1. The molecule has 0 amide bonds. The van der Waals surface area contributed by atoms with Gasteiger partial charge in [0.1, 0.15) is 5.58 Å². The van der Waals surface area contributed by atoms with E-state index in [1.807, 2.05) is 6.92 Å². The number of carbonyl (C=O) groups is 1. The van der Waals surface area contributed by atoms with E-state index in [2.05, 4.69) is 0 Å². The van der Waals surface area contributed by atoms with Crippen LogP contribution in [0.5, 0.6) is 0 Å². The predicted octanol–water partition coefficient (Wildman–Crippen LogP) is 3.79. The van der Waals surface area contributed by atoms with Gasteiger partial charge in [-0.2, -0.15) is 0 Å². The molecule has 0 aliphatic rings. The lowest BCUT2D eigenvalue weighted by atomic mass is 9.91. The van der Waals surface area contributed by atoms with Crippen molar-refractivity contribution in [2.75, 3.05) is 0 Å². The van der Waals surface area contributed by atoms with Gasteiger partial charge < -0.3 is 10.2 Å². The Hall–Kier alpha value is -1.32. The fourth-order valence-electron chi connectivity index (χ4n) is 2.04. The van der Waals surface area contributed by atoms with Crippen LogP contribution in [-0.4, -0.2) is 11.3 Å². The molecule has 1 atom stereocenters. The Balaban J connectivity index is 2.39. The second-order valence-corrected chi connectivity index (χ2v) is 5.23. The van der Waals surface area contributed by atoms with Crippen molar-refractivity contribution < 1.29 is 9.21 Å². The molecule has 18 heavy (non-hydrogen) atoms. The van der Waals surface area contributed by atoms with Crippen molar-refractivity contribution in [3.05, 3.63) is 35.0 Å². The summed E-state index contributed by atoms with van der Waals surface area (Å²) in [4.78, 5) is 12.3. The summed E-state index contributed by atoms with van der Waals surface area (Å²) in [5.74, 6) is 0.127. The zero-order valence-corrected chi connectivity index (χ0v) is 11.3. The molecule has 96 valence electrons. The molecule has 0 fully saturated rings. The average molecular weight is 266 g/mol. The standard InChI is InChI=1S/C14H16ClNO2/c1-3-6-14(2,16)13(17)12-8-9-7-10(15)4-5-11(9)18-12/h4-5,7-8H,3,6,16H2,1-2H3. The molecule has 0 aliphatic heterocycles. The quantitative estimate of drug-likeness (QED) is 0.856. The smallest absolute Gasteiger partial charge is 0.217 e. The minimum atomic E-state index is -0.883. The van der Waals surface area contributed by atoms with Gasteiger partial charge in [-0.05, 0) is 37.6 Å². The number of hydrogen-bond acceptors (Lipinski definition) is 3. The Labute approximate surface area is 111 Å². The molecule has 0 bridgehead atoms. The zero-order valence-electron chi connectivity index (χ0n) is 10.5. The van der Waals surface area contributed by atoms with E-state index in [0.29, 0.717) is 22.8 Å². The van der Waals surface area contributed by atoms with Crippen LogP contribution in [0.15, 0.2) is 28.7 Å². The molecule has 0 radical (unpaired) electrons. The van der Waals surface area contributed by atoms with Gasteiger partial charge in [0.25, 0.3) is 0 Å². The van der Waals surface area contributed by atoms with E-state index < -0.39 is 5.54 Å². The summed E-state index contributed by atoms with van der Waals surface area (Å²) in [6.07, 6.45) is 1.48. The van der Waals surface area contributed by atoms with Crippen LogP contribution in [0.2, 0.25) is 5.02 Å². The third-order valence-electron chi connectivity index (χ3n) is 2.99. The van der Waals surface area contributed by atoms with E-state index in [0.717, 1.165) is 11.8 Å². The molecule has 0 saturated carbocycles. The first-order chi connectivity index (χ1) is 8.44. The first-order valence-electron chi connectivity index (χ1n) is 5.97. The van der Waals surface area contributed by atoms with E-state index in [1.165, 1.54) is 0 Å². The van der Waals surface area contributed by atoms with Crippen LogP contribution in [0.25, 0.3) is 11.0 Å². The molecule has 1 aromatic carbocycles. The minimum absolute atomic E-state index is 0.170. The largest absolute Gasteiger partial charge is 0.453 e. The van der Waals surface area contributed by atoms with Crippen molar-refractivity contribution >= 4 is 28.4 Å². The molecular weight excluding hydrogens is 250 g/mol. The van der Waals surface area contributed by atoms with Crippen molar-refractivity contribution in [1.29, 1.82) is 0 Å². The third kappa shape index (κ3) is 2.42. The number of rotatable bonds is 4. The van der Waals surface area contributed by atoms with Crippen LogP contribution < -0.4 is 5.73 Å². The van der Waals surface area contributed by atoms with Crippen LogP contribution in [0, 0.1) is 0 Å². The second-order valence-electron chi connectivity index (χ2n) is 4.79. The van der Waals surface area contributed by atoms with Crippen LogP contribution in [0.4, 0.5) is 0 Å². The van der Waals surface area contributed by atoms with Gasteiger partial charge in [0.05, 0.1) is 5.54 Å². The maximum Gasteiger partial charge on any atom is 0.217 e. The van der Waals surface area contributed by atoms with Gasteiger partial charge in [-0.3, -0.25) is 4.79 Å². The Morgan fingerprint density at radius 1 is 1.44 bits per heavy atom. The van der Waals surface area contributed by atoms with Crippen molar-refractivity contribution in [2.24, 2.45) is 5.73 Å². The molecule has 0 saturated heterocycles. The van der Waals surface area contributed by atoms with Crippen molar-refractivity contribution in [1.82, 2.24) is 0 Å². The van der Waals surface area contributed by atoms with E-state index in [4.69, 9.17) is 21.8 Å². The lowest BCUT2D eigenvalue weighted by Gasteiger charge is -2.20. The van der Waals surface area contributed by atoms with Crippen LogP contribution in [0.3, 0.4) is 0 Å². The van der Waals surface area contributed by atoms with Gasteiger partial charge in [-0.15, -0.1) is 0 Å². The number of nitrogens with two attached hydrogens (primary N) is 1. The fraction of sp³-hybridized carbons (Fsp3) is 0.357. The molecule has 3 nitrogen and oxygen atoms in total. The fourth-order valence-corrected chi connectivity index (χ4v) is 2.22. The van der Waals surface area contributed by atoms with Crippen molar-refractivity contribution in [2.45, 2.75) is 32.2 Å². The van der Waals surface area contributed by atoms with Gasteiger partial charge >= 0.3 is 0 Å². The van der Waals surface area contributed by atoms with E-state index in [9.17, 15) is 4.79 Å². The summed E-state index contributed by atoms with van der Waals surface area (Å²) < 4.78 is 5.53. The summed E-state index contributed by atoms with van der Waals surface area (Å²) in [6, 6.07) is 6.95. The number of Topliss-reactive ketones (excluding diaryl/α,β-unsaturated/α-hetero) is 1. The average Bonchev–Trinajstić information content (AvgIpc) is 2.70. The lowest BCUT2D eigenvalue weighted by Crippen LogP contribution is -2.44. The number of hydrogen-bond donors (Lipinski definition) is 1. The Kier molecular flexibility index (Phi) is 3.46. The maximum absolute atomic E-state index is 12.3. The summed E-state index contributed by atoms with van der Waals surface area (Å²) in [5.41, 5.74) is 5.78. The zero-order chi connectivity index (χ0) is 13.3. The van der Waals surface area contributed by atoms with Gasteiger partial charge in [-0.25, -0.2) is 0 Å². The number of furan rings is 1. The van der Waals surface area contributed by atoms with Crippen LogP contribution in [-0.2, 0) is 0 Å². The van der Waals surface area contributed by atoms with Crippen LogP contribution >= 0.6 is 11.6 Å². The first kappa shape index (κ1) is 13.1. The molecule has 2 aromatic rings. The van der Waals surface area contributed by atoms with Crippen molar-refractivity contribution in [3.63, 3.8) is 0 Å². The van der Waals surface area contributed by atoms with Gasteiger partial charge in [-0.1, -0.05) is 24.9 Å². The van der Waals surface area contributed by atoms with Crippen molar-refractivity contribution in [3.8, 4) is 0 Å². The highest BCUT2D eigenvalue weighted by atomic mass is 35.5. The minimum Gasteiger partial charge on any atom is -0.453 e. The number of ketones is 1. The van der Waals surface area contributed by atoms with Gasteiger partial charge in [0, 0.05) is 10.4 Å². The third-order valence-corrected chi connectivity index (χ3v) is 3.23. The Bertz CT molecular complexity index is 586. The lowest BCUT2D eigenvalue weighted by molar-refractivity contribution is 0.0866. The van der Waals surface area contributed by atoms with E-state index >= 15 is 0 Å². The molecule has 1 aromatic heterocycles. The first-order valence-corrected chi connectivity index (χ1v) is 6.34. The second kappa shape index (κ2) is 4.75. The SMILES string of the molecule is CCCC(C)(N)C(=O)c1cc2cc(Cl)ccc2o1. The normalized spacial score (nSPS) is 14.7. The van der Waals surface area contributed by atoms with Gasteiger partial charge in [0.2, 0.25) is 5.78 Å². The molecule has 0 aliphatic carbocycles. The van der Waals surface area contributed by atoms with Gasteiger partial charge in [0.15, 0.2) is 5.76 Å². The molecule has 0 spiro atoms. The van der Waals surface area contributed by atoms with E-state index in [-0.39, 0.29) is 5.78 Å². The van der Waals surface area contributed by atoms with E-state index in [1.54, 1.807) is 31.2 Å².